The summed E-state index contributed by atoms with van der Waals surface area (Å²) in [6.45, 7) is 5.89. The Bertz CT molecular complexity index is 713. The maximum Gasteiger partial charge on any atom is 0.356 e. The molecule has 1 aromatic rings. The van der Waals surface area contributed by atoms with Crippen molar-refractivity contribution in [2.75, 3.05) is 20.2 Å². The molecule has 115 valence electrons. The van der Waals surface area contributed by atoms with E-state index in [2.05, 4.69) is 41.9 Å². The van der Waals surface area contributed by atoms with E-state index in [9.17, 15) is 4.79 Å². The minimum Gasteiger partial charge on any atom is -0.464 e. The van der Waals surface area contributed by atoms with Crippen LogP contribution in [-0.4, -0.2) is 31.1 Å². The number of aryl methyl sites for hydroxylation is 2. The Balaban J connectivity index is 2.12. The van der Waals surface area contributed by atoms with Gasteiger partial charge in [0, 0.05) is 24.4 Å². The van der Waals surface area contributed by atoms with Crippen LogP contribution in [0.25, 0.3) is 6.08 Å². The Kier molecular flexibility index (Phi) is 4.01. The van der Waals surface area contributed by atoms with Crippen molar-refractivity contribution in [2.45, 2.75) is 33.1 Å². The van der Waals surface area contributed by atoms with Crippen molar-refractivity contribution in [2.24, 2.45) is 4.99 Å². The van der Waals surface area contributed by atoms with Crippen molar-refractivity contribution in [1.82, 2.24) is 4.90 Å². The van der Waals surface area contributed by atoms with Crippen LogP contribution >= 0.6 is 0 Å². The Hall–Kier alpha value is -2.10. The molecule has 0 amide bonds. The third-order valence-corrected chi connectivity index (χ3v) is 4.37. The molecule has 0 spiro atoms. The number of rotatable bonds is 2. The Labute approximate surface area is 130 Å². The summed E-state index contributed by atoms with van der Waals surface area (Å²) in [6, 6.07) is 4.13. The van der Waals surface area contributed by atoms with Crippen LogP contribution in [0.5, 0.6) is 0 Å². The Morgan fingerprint density at radius 1 is 1.18 bits per heavy atom. The van der Waals surface area contributed by atoms with E-state index in [1.807, 2.05) is 0 Å². The molecule has 2 heterocycles. The molecule has 0 unspecified atom stereocenters. The lowest BCUT2D eigenvalue weighted by Gasteiger charge is -2.29. The van der Waals surface area contributed by atoms with Gasteiger partial charge in [0.05, 0.1) is 12.5 Å². The van der Waals surface area contributed by atoms with E-state index in [4.69, 9.17) is 4.74 Å². The molecule has 4 heteroatoms. The summed E-state index contributed by atoms with van der Waals surface area (Å²) in [4.78, 5) is 19.0. The number of likely N-dealkylation sites (tertiary alicyclic amines) is 1. The molecule has 4 nitrogen and oxygen atoms in total. The molecule has 0 bridgehead atoms. The molecule has 3 rings (SSSR count). The summed E-state index contributed by atoms with van der Waals surface area (Å²) >= 11 is 0. The quantitative estimate of drug-likeness (QED) is 0.613. The predicted octanol–water partition coefficient (Wildman–Crippen LogP) is 1.46. The fraction of sp³-hybridized carbons (Fsp3) is 0.444. The van der Waals surface area contributed by atoms with Gasteiger partial charge in [0.1, 0.15) is 11.4 Å². The summed E-state index contributed by atoms with van der Waals surface area (Å²) in [5, 5.41) is 1.84. The van der Waals surface area contributed by atoms with E-state index >= 15 is 0 Å². The molecule has 1 saturated heterocycles. The van der Waals surface area contributed by atoms with E-state index in [1.165, 1.54) is 24.7 Å². The number of carbonyl (C=O) groups is 1. The van der Waals surface area contributed by atoms with Crippen molar-refractivity contribution in [3.05, 3.63) is 45.2 Å². The van der Waals surface area contributed by atoms with Crippen LogP contribution in [0.1, 0.15) is 30.4 Å². The molecule has 1 fully saturated rings. The average Bonchev–Trinajstić information content (AvgIpc) is 2.91. The molecule has 0 atom stereocenters. The molecule has 0 aromatic heterocycles. The number of piperidine rings is 1. The fourth-order valence-electron chi connectivity index (χ4n) is 2.97. The van der Waals surface area contributed by atoms with E-state index in [0.29, 0.717) is 11.4 Å². The second kappa shape index (κ2) is 5.95. The van der Waals surface area contributed by atoms with Gasteiger partial charge in [-0.1, -0.05) is 0 Å². The number of methoxy groups -OCH3 is 1. The van der Waals surface area contributed by atoms with Gasteiger partial charge in [-0.25, -0.2) is 9.79 Å². The number of nitrogens with zero attached hydrogens (tertiary/aromatic N) is 2. The molecule has 0 aliphatic carbocycles. The number of benzene rings is 1. The highest BCUT2D eigenvalue weighted by atomic mass is 16.5. The summed E-state index contributed by atoms with van der Waals surface area (Å²) in [7, 11) is 1.42. The van der Waals surface area contributed by atoms with Gasteiger partial charge in [-0.05, 0) is 56.4 Å². The van der Waals surface area contributed by atoms with Crippen LogP contribution < -0.4 is 10.6 Å². The van der Waals surface area contributed by atoms with Gasteiger partial charge >= 0.3 is 5.97 Å². The van der Waals surface area contributed by atoms with Gasteiger partial charge in [0.15, 0.2) is 0 Å². The molecular weight excluding hydrogens is 276 g/mol. The topological polar surface area (TPSA) is 41.9 Å². The van der Waals surface area contributed by atoms with Crippen LogP contribution in [0.3, 0.4) is 0 Å². The average molecular weight is 297 g/mol. The van der Waals surface area contributed by atoms with Gasteiger partial charge < -0.3 is 9.64 Å². The first kappa shape index (κ1) is 14.8. The van der Waals surface area contributed by atoms with Gasteiger partial charge in [0.25, 0.3) is 0 Å². The maximum absolute atomic E-state index is 12.3. The fourth-order valence-corrected chi connectivity index (χ4v) is 2.97. The number of esters is 1. The molecular formula is C18H21N2O2. The van der Waals surface area contributed by atoms with Gasteiger partial charge in [-0.2, -0.15) is 0 Å². The summed E-state index contributed by atoms with van der Waals surface area (Å²) in [5.74, 6) is -0.325. The molecule has 1 aromatic carbocycles. The maximum atomic E-state index is 12.3. The summed E-state index contributed by atoms with van der Waals surface area (Å²) in [5.41, 5.74) is 3.56. The van der Waals surface area contributed by atoms with Crippen molar-refractivity contribution < 1.29 is 9.53 Å². The largest absolute Gasteiger partial charge is 0.464 e. The summed E-state index contributed by atoms with van der Waals surface area (Å²) in [6.07, 6.45) is 6.69. The van der Waals surface area contributed by atoms with E-state index in [-0.39, 0.29) is 5.97 Å². The Morgan fingerprint density at radius 3 is 2.55 bits per heavy atom. The minimum absolute atomic E-state index is 0.325. The second-order valence-electron chi connectivity index (χ2n) is 5.93. The van der Waals surface area contributed by atoms with Crippen molar-refractivity contribution in [3.63, 3.8) is 0 Å². The van der Waals surface area contributed by atoms with Crippen LogP contribution in [0.15, 0.2) is 28.5 Å². The van der Waals surface area contributed by atoms with Crippen LogP contribution in [0, 0.1) is 13.8 Å². The zero-order valence-corrected chi connectivity index (χ0v) is 13.4. The van der Waals surface area contributed by atoms with Gasteiger partial charge in [-0.3, -0.25) is 0 Å². The highest BCUT2D eigenvalue weighted by Gasteiger charge is 2.25. The van der Waals surface area contributed by atoms with Crippen molar-refractivity contribution >= 4 is 12.0 Å². The lowest BCUT2D eigenvalue weighted by molar-refractivity contribution is -0.138. The molecule has 2 aliphatic rings. The first-order valence-electron chi connectivity index (χ1n) is 7.77. The van der Waals surface area contributed by atoms with Gasteiger partial charge in [0.2, 0.25) is 0 Å². The summed E-state index contributed by atoms with van der Waals surface area (Å²) < 4.78 is 4.99. The number of ether oxygens (including phenoxy) is 1. The van der Waals surface area contributed by atoms with Gasteiger partial charge in [-0.15, -0.1) is 0 Å². The number of carbonyl (C=O) groups excluding carboxylic acids is 1. The lowest BCUT2D eigenvalue weighted by atomic mass is 10.1. The van der Waals surface area contributed by atoms with E-state index in [1.54, 1.807) is 0 Å². The highest BCUT2D eigenvalue weighted by Crippen LogP contribution is 2.21. The first-order valence-corrected chi connectivity index (χ1v) is 7.77. The standard InChI is InChI=1S/C18H21N2O2/c1-12-9-14-11-16(19-15(14)10-13(12)2)17(18(21)22-3)20-7-5-4-6-8-20/h9-10H,4-8H2,1-3H3. The molecule has 22 heavy (non-hydrogen) atoms. The third kappa shape index (κ3) is 2.65. The highest BCUT2D eigenvalue weighted by molar-refractivity contribution is 5.90. The van der Waals surface area contributed by atoms with Crippen LogP contribution in [0.2, 0.25) is 0 Å². The van der Waals surface area contributed by atoms with Crippen LogP contribution in [-0.2, 0) is 9.53 Å². The number of allylic oxidation sites excluding steroid dienone is 1. The van der Waals surface area contributed by atoms with Crippen molar-refractivity contribution in [3.8, 4) is 0 Å². The van der Waals surface area contributed by atoms with E-state index < -0.39 is 0 Å². The zero-order chi connectivity index (χ0) is 15.7. The third-order valence-electron chi connectivity index (χ3n) is 4.37. The molecule has 0 N–H and O–H groups in total. The lowest BCUT2D eigenvalue weighted by Crippen LogP contribution is -2.33. The SMILES string of the molecule is COC(=O)C(=C1[C]=c2cc(C)c(C)cc2=N1)N1CCCCC1. The monoisotopic (exact) mass is 297 g/mol. The van der Waals surface area contributed by atoms with E-state index in [0.717, 1.165) is 36.5 Å². The number of fused-ring (bicyclic) bond motifs is 1. The number of hydrogen-bond acceptors (Lipinski definition) is 4. The predicted molar refractivity (Wildman–Crippen MR) is 84.6 cm³/mol. The second-order valence-corrected chi connectivity index (χ2v) is 5.93. The zero-order valence-electron chi connectivity index (χ0n) is 13.4. The smallest absolute Gasteiger partial charge is 0.356 e. The van der Waals surface area contributed by atoms with Crippen LogP contribution in [0.4, 0.5) is 0 Å². The minimum atomic E-state index is -0.325. The Morgan fingerprint density at radius 2 is 1.86 bits per heavy atom. The first-order chi connectivity index (χ1) is 10.6. The molecule has 1 radical (unpaired) electrons. The van der Waals surface area contributed by atoms with Crippen molar-refractivity contribution in [1.29, 1.82) is 0 Å². The number of hydrogen-bond donors (Lipinski definition) is 0. The molecule has 0 saturated carbocycles. The normalized spacial score (nSPS) is 19.1. The molecule has 2 aliphatic heterocycles.